The monoisotopic (exact) mass is 254 g/mol. The number of nitrogens with two attached hydrogens (primary N) is 1. The number of methoxy groups -OCH3 is 1. The molecule has 3 heteroatoms. The van der Waals surface area contributed by atoms with Crippen LogP contribution in [-0.2, 0) is 4.74 Å². The van der Waals surface area contributed by atoms with Gasteiger partial charge in [0.2, 0.25) is 0 Å². The summed E-state index contributed by atoms with van der Waals surface area (Å²) in [6.45, 7) is 7.77. The van der Waals surface area contributed by atoms with E-state index in [1.54, 1.807) is 0 Å². The highest BCUT2D eigenvalue weighted by Gasteiger charge is 2.42. The average Bonchev–Trinajstić information content (AvgIpc) is 2.39. The third-order valence-electron chi connectivity index (χ3n) is 5.31. The van der Waals surface area contributed by atoms with E-state index in [2.05, 4.69) is 18.7 Å². The zero-order chi connectivity index (χ0) is 13.2. The highest BCUT2D eigenvalue weighted by molar-refractivity contribution is 4.98. The van der Waals surface area contributed by atoms with Crippen LogP contribution in [0.25, 0.3) is 0 Å². The molecule has 0 amide bonds. The molecule has 1 saturated heterocycles. The molecule has 0 radical (unpaired) electrons. The van der Waals surface area contributed by atoms with Crippen LogP contribution in [0, 0.1) is 11.8 Å². The van der Waals surface area contributed by atoms with Gasteiger partial charge in [0.15, 0.2) is 0 Å². The molecule has 0 aromatic carbocycles. The molecule has 4 unspecified atom stereocenters. The zero-order valence-electron chi connectivity index (χ0n) is 12.3. The van der Waals surface area contributed by atoms with Gasteiger partial charge in [-0.1, -0.05) is 26.7 Å². The summed E-state index contributed by atoms with van der Waals surface area (Å²) in [4.78, 5) is 2.65. The van der Waals surface area contributed by atoms with E-state index in [-0.39, 0.29) is 5.54 Å². The van der Waals surface area contributed by atoms with Crippen LogP contribution in [0.15, 0.2) is 0 Å². The third kappa shape index (κ3) is 2.73. The van der Waals surface area contributed by atoms with E-state index >= 15 is 0 Å². The molecule has 18 heavy (non-hydrogen) atoms. The smallest absolute Gasteiger partial charge is 0.0724 e. The highest BCUT2D eigenvalue weighted by atomic mass is 16.5. The summed E-state index contributed by atoms with van der Waals surface area (Å²) >= 11 is 0. The molecule has 106 valence electrons. The van der Waals surface area contributed by atoms with Gasteiger partial charge < -0.3 is 10.5 Å². The van der Waals surface area contributed by atoms with Gasteiger partial charge in [-0.2, -0.15) is 0 Å². The van der Waals surface area contributed by atoms with Crippen molar-refractivity contribution in [2.24, 2.45) is 17.6 Å². The molecule has 2 aliphatic rings. The predicted octanol–water partition coefficient (Wildman–Crippen LogP) is 2.25. The Hall–Kier alpha value is -0.120. The Labute approximate surface area is 112 Å². The molecular weight excluding hydrogens is 224 g/mol. The lowest BCUT2D eigenvalue weighted by Gasteiger charge is -2.51. The number of rotatable bonds is 3. The lowest BCUT2D eigenvalue weighted by atomic mass is 9.74. The van der Waals surface area contributed by atoms with Gasteiger partial charge in [-0.25, -0.2) is 0 Å². The lowest BCUT2D eigenvalue weighted by Crippen LogP contribution is -2.61. The van der Waals surface area contributed by atoms with Crippen LogP contribution in [0.4, 0.5) is 0 Å². The van der Waals surface area contributed by atoms with Gasteiger partial charge >= 0.3 is 0 Å². The van der Waals surface area contributed by atoms with Crippen LogP contribution < -0.4 is 5.73 Å². The van der Waals surface area contributed by atoms with Crippen molar-refractivity contribution in [3.63, 3.8) is 0 Å². The van der Waals surface area contributed by atoms with Gasteiger partial charge in [0.1, 0.15) is 0 Å². The largest absolute Gasteiger partial charge is 0.380 e. The van der Waals surface area contributed by atoms with Crippen molar-refractivity contribution in [1.29, 1.82) is 0 Å². The van der Waals surface area contributed by atoms with E-state index in [1.165, 1.54) is 38.6 Å². The van der Waals surface area contributed by atoms with Gasteiger partial charge in [0.25, 0.3) is 0 Å². The van der Waals surface area contributed by atoms with Crippen molar-refractivity contribution < 1.29 is 4.74 Å². The minimum absolute atomic E-state index is 0.259. The molecular formula is C15H30N2O. The van der Waals surface area contributed by atoms with Crippen molar-refractivity contribution in [3.05, 3.63) is 0 Å². The van der Waals surface area contributed by atoms with Crippen molar-refractivity contribution >= 4 is 0 Å². The molecule has 0 bridgehead atoms. The quantitative estimate of drug-likeness (QED) is 0.839. The predicted molar refractivity (Wildman–Crippen MR) is 75.6 cm³/mol. The number of nitrogens with zero attached hydrogens (tertiary/aromatic N) is 1. The van der Waals surface area contributed by atoms with Crippen LogP contribution in [0.1, 0.15) is 46.0 Å². The zero-order valence-corrected chi connectivity index (χ0v) is 12.3. The second kappa shape index (κ2) is 5.89. The minimum atomic E-state index is 0.259. The summed E-state index contributed by atoms with van der Waals surface area (Å²) in [7, 11) is 1.85. The Morgan fingerprint density at radius 2 is 2.11 bits per heavy atom. The normalized spacial score (nSPS) is 43.0. The summed E-state index contributed by atoms with van der Waals surface area (Å²) < 4.78 is 5.66. The SMILES string of the molecule is COC1CN(C2(CN)CCCC(C)C2)CCC1C. The molecule has 2 N–H and O–H groups in total. The fourth-order valence-electron chi connectivity index (χ4n) is 4.01. The number of hydrogen-bond acceptors (Lipinski definition) is 3. The first kappa shape index (κ1) is 14.3. The number of piperidine rings is 1. The first-order valence-corrected chi connectivity index (χ1v) is 7.59. The van der Waals surface area contributed by atoms with Crippen molar-refractivity contribution in [1.82, 2.24) is 4.90 Å². The minimum Gasteiger partial charge on any atom is -0.380 e. The van der Waals surface area contributed by atoms with Gasteiger partial charge in [0.05, 0.1) is 6.10 Å². The second-order valence-electron chi connectivity index (χ2n) is 6.62. The number of likely N-dealkylation sites (tertiary alicyclic amines) is 1. The molecule has 4 atom stereocenters. The Morgan fingerprint density at radius 1 is 1.33 bits per heavy atom. The molecule has 2 fully saturated rings. The van der Waals surface area contributed by atoms with Crippen LogP contribution in [0.5, 0.6) is 0 Å². The van der Waals surface area contributed by atoms with Crippen molar-refractivity contribution in [3.8, 4) is 0 Å². The maximum atomic E-state index is 6.17. The Kier molecular flexibility index (Phi) is 4.68. The van der Waals surface area contributed by atoms with Crippen LogP contribution in [-0.4, -0.2) is 43.3 Å². The maximum absolute atomic E-state index is 6.17. The van der Waals surface area contributed by atoms with E-state index in [0.29, 0.717) is 12.0 Å². The maximum Gasteiger partial charge on any atom is 0.0724 e. The van der Waals surface area contributed by atoms with Gasteiger partial charge in [-0.3, -0.25) is 4.90 Å². The van der Waals surface area contributed by atoms with E-state index in [4.69, 9.17) is 10.5 Å². The Balaban J connectivity index is 2.07. The second-order valence-corrected chi connectivity index (χ2v) is 6.62. The lowest BCUT2D eigenvalue weighted by molar-refractivity contribution is -0.0599. The number of ether oxygens (including phenoxy) is 1. The Bertz CT molecular complexity index is 271. The summed E-state index contributed by atoms with van der Waals surface area (Å²) in [5.41, 5.74) is 6.43. The van der Waals surface area contributed by atoms with Crippen LogP contribution in [0.2, 0.25) is 0 Å². The van der Waals surface area contributed by atoms with Crippen molar-refractivity contribution in [2.75, 3.05) is 26.7 Å². The molecule has 1 saturated carbocycles. The molecule has 1 aliphatic heterocycles. The van der Waals surface area contributed by atoms with Gasteiger partial charge in [-0.05, 0) is 37.6 Å². The fraction of sp³-hybridized carbons (Fsp3) is 1.00. The van der Waals surface area contributed by atoms with Gasteiger partial charge in [0, 0.05) is 25.7 Å². The first-order chi connectivity index (χ1) is 8.61. The summed E-state index contributed by atoms with van der Waals surface area (Å²) in [5.74, 6) is 1.50. The molecule has 1 heterocycles. The highest BCUT2D eigenvalue weighted by Crippen LogP contribution is 2.38. The summed E-state index contributed by atoms with van der Waals surface area (Å²) in [6.07, 6.45) is 6.89. The van der Waals surface area contributed by atoms with Crippen molar-refractivity contribution in [2.45, 2.75) is 57.6 Å². The Morgan fingerprint density at radius 3 is 2.72 bits per heavy atom. The van der Waals surface area contributed by atoms with Crippen LogP contribution in [0.3, 0.4) is 0 Å². The van der Waals surface area contributed by atoms with Gasteiger partial charge in [-0.15, -0.1) is 0 Å². The molecule has 1 aliphatic carbocycles. The number of hydrogen-bond donors (Lipinski definition) is 1. The van der Waals surface area contributed by atoms with E-state index in [9.17, 15) is 0 Å². The van der Waals surface area contributed by atoms with Crippen LogP contribution >= 0.6 is 0 Å². The molecule has 0 aromatic heterocycles. The molecule has 2 rings (SSSR count). The summed E-state index contributed by atoms with van der Waals surface area (Å²) in [5, 5.41) is 0. The molecule has 0 spiro atoms. The summed E-state index contributed by atoms with van der Waals surface area (Å²) in [6, 6.07) is 0. The third-order valence-corrected chi connectivity index (χ3v) is 5.31. The molecule has 0 aromatic rings. The average molecular weight is 254 g/mol. The first-order valence-electron chi connectivity index (χ1n) is 7.59. The standard InChI is InChI=1S/C15H30N2O/c1-12-5-4-7-15(9-12,11-16)17-8-6-13(2)14(10-17)18-3/h12-14H,4-11,16H2,1-3H3. The van der Waals surface area contributed by atoms with E-state index < -0.39 is 0 Å². The fourth-order valence-corrected chi connectivity index (χ4v) is 4.01. The van der Waals surface area contributed by atoms with E-state index in [0.717, 1.165) is 19.0 Å². The topological polar surface area (TPSA) is 38.5 Å². The van der Waals surface area contributed by atoms with E-state index in [1.807, 2.05) is 7.11 Å². The molecule has 3 nitrogen and oxygen atoms in total.